The van der Waals surface area contributed by atoms with Crippen LogP contribution in [0.3, 0.4) is 0 Å². The number of carbonyl (C=O) groups excluding carboxylic acids is 2. The summed E-state index contributed by atoms with van der Waals surface area (Å²) < 4.78 is 22.4. The molecule has 1 aromatic rings. The molecule has 0 saturated carbocycles. The summed E-state index contributed by atoms with van der Waals surface area (Å²) in [5.74, 6) is -0.393. The van der Waals surface area contributed by atoms with Gasteiger partial charge in [-0.2, -0.15) is 0 Å². The number of carbonyl (C=O) groups is 2. The van der Waals surface area contributed by atoms with Gasteiger partial charge in [-0.1, -0.05) is 6.07 Å². The van der Waals surface area contributed by atoms with Gasteiger partial charge in [-0.25, -0.2) is 18.4 Å². The van der Waals surface area contributed by atoms with Crippen molar-refractivity contribution in [2.75, 3.05) is 36.8 Å². The summed E-state index contributed by atoms with van der Waals surface area (Å²) >= 11 is 0. The Balaban J connectivity index is 1.76. The normalized spacial score (nSPS) is 20.9. The van der Waals surface area contributed by atoms with Crippen LogP contribution < -0.4 is 15.4 Å². The van der Waals surface area contributed by atoms with Gasteiger partial charge >= 0.3 is 6.03 Å². The number of nitrogens with zero attached hydrogens (tertiary/aromatic N) is 2. The highest BCUT2D eigenvalue weighted by Crippen LogP contribution is 2.26. The van der Waals surface area contributed by atoms with Crippen molar-refractivity contribution >= 4 is 27.6 Å². The molecule has 2 heterocycles. The zero-order chi connectivity index (χ0) is 18.2. The fourth-order valence-electron chi connectivity index (χ4n) is 3.40. The smallest absolute Gasteiger partial charge is 0.322 e. The van der Waals surface area contributed by atoms with E-state index < -0.39 is 10.0 Å². The summed E-state index contributed by atoms with van der Waals surface area (Å²) in [5.41, 5.74) is 2.14. The van der Waals surface area contributed by atoms with Crippen LogP contribution in [0.2, 0.25) is 0 Å². The highest BCUT2D eigenvalue weighted by atomic mass is 32.2. The van der Waals surface area contributed by atoms with Gasteiger partial charge in [0.1, 0.15) is 0 Å². The van der Waals surface area contributed by atoms with E-state index in [0.29, 0.717) is 38.2 Å². The van der Waals surface area contributed by atoms with Crippen LogP contribution >= 0.6 is 0 Å². The lowest BCUT2D eigenvalue weighted by atomic mass is 10.1. The second kappa shape index (κ2) is 6.64. The minimum absolute atomic E-state index is 0.107. The Hall–Kier alpha value is -2.13. The van der Waals surface area contributed by atoms with Crippen molar-refractivity contribution in [3.05, 3.63) is 29.3 Å². The van der Waals surface area contributed by atoms with E-state index >= 15 is 0 Å². The van der Waals surface area contributed by atoms with E-state index in [1.165, 1.54) is 0 Å². The zero-order valence-corrected chi connectivity index (χ0v) is 14.9. The number of anilines is 1. The summed E-state index contributed by atoms with van der Waals surface area (Å²) in [4.78, 5) is 27.9. The molecule has 0 aromatic heterocycles. The average Bonchev–Trinajstić information content (AvgIpc) is 3.14. The summed E-state index contributed by atoms with van der Waals surface area (Å²) in [6.45, 7) is 3.93. The molecule has 0 bridgehead atoms. The third-order valence-electron chi connectivity index (χ3n) is 4.64. The molecule has 1 unspecified atom stereocenters. The maximum atomic E-state index is 12.7. The molecule has 1 aromatic carbocycles. The predicted octanol–water partition coefficient (Wildman–Crippen LogP) is 0.275. The van der Waals surface area contributed by atoms with Crippen molar-refractivity contribution in [2.45, 2.75) is 13.3 Å². The van der Waals surface area contributed by atoms with Crippen molar-refractivity contribution < 1.29 is 18.0 Å². The summed E-state index contributed by atoms with van der Waals surface area (Å²) in [7, 11) is -3.54. The molecular formula is C16H22N4O4S. The molecule has 8 nitrogen and oxygen atoms in total. The van der Waals surface area contributed by atoms with Gasteiger partial charge in [0.15, 0.2) is 0 Å². The van der Waals surface area contributed by atoms with Crippen LogP contribution in [0.1, 0.15) is 22.3 Å². The number of aryl methyl sites for hydroxylation is 1. The van der Waals surface area contributed by atoms with Gasteiger partial charge in [-0.3, -0.25) is 9.69 Å². The zero-order valence-electron chi connectivity index (χ0n) is 14.1. The highest BCUT2D eigenvalue weighted by molar-refractivity contribution is 7.89. The van der Waals surface area contributed by atoms with Crippen LogP contribution in [0.25, 0.3) is 0 Å². The minimum Gasteiger partial charge on any atom is -0.338 e. The number of nitrogens with one attached hydrogen (secondary N) is 1. The molecule has 3 rings (SSSR count). The number of nitrogens with two attached hydrogens (primary N) is 1. The van der Waals surface area contributed by atoms with Crippen LogP contribution in [0.4, 0.5) is 10.5 Å². The van der Waals surface area contributed by atoms with Crippen molar-refractivity contribution in [1.82, 2.24) is 10.2 Å². The van der Waals surface area contributed by atoms with Crippen molar-refractivity contribution in [1.29, 1.82) is 0 Å². The van der Waals surface area contributed by atoms with Crippen LogP contribution in [0.5, 0.6) is 0 Å². The lowest BCUT2D eigenvalue weighted by molar-refractivity contribution is 0.0788. The van der Waals surface area contributed by atoms with Gasteiger partial charge < -0.3 is 10.2 Å². The maximum Gasteiger partial charge on any atom is 0.322 e. The Morgan fingerprint density at radius 2 is 2.12 bits per heavy atom. The van der Waals surface area contributed by atoms with Crippen molar-refractivity contribution in [3.8, 4) is 0 Å². The summed E-state index contributed by atoms with van der Waals surface area (Å²) in [6.07, 6.45) is 0.620. The highest BCUT2D eigenvalue weighted by Gasteiger charge is 2.30. The van der Waals surface area contributed by atoms with Gasteiger partial charge in [0.25, 0.3) is 5.91 Å². The summed E-state index contributed by atoms with van der Waals surface area (Å²) in [5, 5.41) is 7.84. The van der Waals surface area contributed by atoms with E-state index in [1.54, 1.807) is 21.9 Å². The number of sulfonamides is 1. The molecule has 0 aliphatic carbocycles. The van der Waals surface area contributed by atoms with E-state index in [9.17, 15) is 18.0 Å². The Bertz CT molecular complexity index is 808. The number of hydrogen-bond donors (Lipinski definition) is 2. The molecule has 2 aliphatic rings. The molecule has 0 radical (unpaired) electrons. The number of rotatable bonds is 4. The number of urea groups is 1. The third kappa shape index (κ3) is 3.93. The Morgan fingerprint density at radius 3 is 2.76 bits per heavy atom. The van der Waals surface area contributed by atoms with Gasteiger partial charge in [0, 0.05) is 37.4 Å². The van der Waals surface area contributed by atoms with Crippen LogP contribution in [-0.4, -0.2) is 57.2 Å². The second-order valence-electron chi connectivity index (χ2n) is 6.62. The van der Waals surface area contributed by atoms with Crippen LogP contribution in [-0.2, 0) is 10.0 Å². The third-order valence-corrected chi connectivity index (χ3v) is 5.58. The SMILES string of the molecule is Cc1ccc(C(=O)N2CCC(CS(N)(=O)=O)C2)cc1N1CCNC1=O. The molecule has 1 atom stereocenters. The number of benzene rings is 1. The average molecular weight is 366 g/mol. The standard InChI is InChI=1S/C16H22N4O4S/c1-11-2-3-13(8-14(11)20-7-5-18-16(20)22)15(21)19-6-4-12(9-19)10-25(17,23)24/h2-3,8,12H,4-7,9-10H2,1H3,(H,18,22)(H2,17,23,24). The van der Waals surface area contributed by atoms with Crippen LogP contribution in [0.15, 0.2) is 18.2 Å². The van der Waals surface area contributed by atoms with E-state index in [1.807, 2.05) is 13.0 Å². The van der Waals surface area contributed by atoms with Crippen molar-refractivity contribution in [2.24, 2.45) is 11.1 Å². The van der Waals surface area contributed by atoms with E-state index in [4.69, 9.17) is 5.14 Å². The molecule has 25 heavy (non-hydrogen) atoms. The Morgan fingerprint density at radius 1 is 1.36 bits per heavy atom. The molecular weight excluding hydrogens is 344 g/mol. The molecule has 2 saturated heterocycles. The second-order valence-corrected chi connectivity index (χ2v) is 8.28. The quantitative estimate of drug-likeness (QED) is 0.796. The van der Waals surface area contributed by atoms with E-state index in [0.717, 1.165) is 11.3 Å². The first kappa shape index (κ1) is 17.7. The molecule has 2 aliphatic heterocycles. The lowest BCUT2D eigenvalue weighted by Crippen LogP contribution is -2.31. The topological polar surface area (TPSA) is 113 Å². The first-order valence-electron chi connectivity index (χ1n) is 8.20. The number of primary sulfonamides is 1. The first-order chi connectivity index (χ1) is 11.7. The van der Waals surface area contributed by atoms with Gasteiger partial charge in [-0.15, -0.1) is 0 Å². The van der Waals surface area contributed by atoms with Crippen LogP contribution in [0, 0.1) is 12.8 Å². The first-order valence-corrected chi connectivity index (χ1v) is 9.92. The molecule has 2 fully saturated rings. The fraction of sp³-hybridized carbons (Fsp3) is 0.500. The van der Waals surface area contributed by atoms with E-state index in [-0.39, 0.29) is 23.6 Å². The monoisotopic (exact) mass is 366 g/mol. The molecule has 3 N–H and O–H groups in total. The van der Waals surface area contributed by atoms with Gasteiger partial charge in [-0.05, 0) is 37.0 Å². The lowest BCUT2D eigenvalue weighted by Gasteiger charge is -2.20. The molecule has 3 amide bonds. The largest absolute Gasteiger partial charge is 0.338 e. The Kier molecular flexibility index (Phi) is 4.70. The molecule has 9 heteroatoms. The fourth-order valence-corrected chi connectivity index (χ4v) is 4.33. The van der Waals surface area contributed by atoms with Gasteiger partial charge in [0.2, 0.25) is 10.0 Å². The van der Waals surface area contributed by atoms with E-state index in [2.05, 4.69) is 5.32 Å². The Labute approximate surface area is 147 Å². The predicted molar refractivity (Wildman–Crippen MR) is 93.9 cm³/mol. The van der Waals surface area contributed by atoms with Crippen molar-refractivity contribution in [3.63, 3.8) is 0 Å². The van der Waals surface area contributed by atoms with Gasteiger partial charge in [0.05, 0.1) is 5.75 Å². The number of hydrogen-bond acceptors (Lipinski definition) is 4. The molecule has 0 spiro atoms. The maximum absolute atomic E-state index is 12.7. The number of amides is 3. The minimum atomic E-state index is -3.54. The molecule has 136 valence electrons. The summed E-state index contributed by atoms with van der Waals surface area (Å²) in [6, 6.07) is 5.13. The number of likely N-dealkylation sites (tertiary alicyclic amines) is 1.